The van der Waals surface area contributed by atoms with E-state index in [1.165, 1.54) is 0 Å². The molecule has 0 aliphatic rings. The number of pyridine rings is 1. The summed E-state index contributed by atoms with van der Waals surface area (Å²) < 4.78 is 0. The van der Waals surface area contributed by atoms with Crippen LogP contribution in [0.2, 0.25) is 0 Å². The van der Waals surface area contributed by atoms with Gasteiger partial charge in [0.05, 0.1) is 6.20 Å². The van der Waals surface area contributed by atoms with Crippen molar-refractivity contribution in [1.29, 1.82) is 0 Å². The lowest BCUT2D eigenvalue weighted by atomic mass is 10.0. The van der Waals surface area contributed by atoms with E-state index in [9.17, 15) is 0 Å². The average Bonchev–Trinajstić information content (AvgIpc) is 2.41. The first-order chi connectivity index (χ1) is 9.51. The minimum absolute atomic E-state index is 0.168. The van der Waals surface area contributed by atoms with Crippen molar-refractivity contribution in [3.63, 3.8) is 0 Å². The van der Waals surface area contributed by atoms with Crippen LogP contribution in [-0.2, 0) is 6.42 Å². The Labute approximate surface area is 118 Å². The van der Waals surface area contributed by atoms with Gasteiger partial charge in [0.25, 0.3) is 0 Å². The van der Waals surface area contributed by atoms with Crippen LogP contribution in [0.3, 0.4) is 0 Å². The zero-order chi connectivity index (χ0) is 14.7. The van der Waals surface area contributed by atoms with Crippen molar-refractivity contribution >= 4 is 23.1 Å². The number of hydrogen-bond donors (Lipinski definition) is 3. The highest BCUT2D eigenvalue weighted by Crippen LogP contribution is 2.29. The summed E-state index contributed by atoms with van der Waals surface area (Å²) >= 11 is 0. The monoisotopic (exact) mass is 272 g/mol. The molecule has 6 nitrogen and oxygen atoms in total. The smallest absolute Gasteiger partial charge is 0.222 e. The summed E-state index contributed by atoms with van der Waals surface area (Å²) in [5, 5.41) is 3.28. The molecule has 0 aliphatic heterocycles. The van der Waals surface area contributed by atoms with Crippen molar-refractivity contribution in [1.82, 2.24) is 15.0 Å². The van der Waals surface area contributed by atoms with Crippen LogP contribution in [0.25, 0.3) is 0 Å². The number of rotatable bonds is 4. The maximum atomic E-state index is 5.86. The summed E-state index contributed by atoms with van der Waals surface area (Å²) in [7, 11) is 0. The second-order valence-corrected chi connectivity index (χ2v) is 4.92. The topological polar surface area (TPSA) is 103 Å². The number of nitrogens with one attached hydrogen (secondary N) is 1. The molecule has 0 radical (unpaired) electrons. The first-order valence-electron chi connectivity index (χ1n) is 6.65. The van der Waals surface area contributed by atoms with Crippen LogP contribution >= 0.6 is 0 Å². The Balaban J connectivity index is 2.40. The fourth-order valence-corrected chi connectivity index (χ4v) is 1.92. The second kappa shape index (κ2) is 5.73. The van der Waals surface area contributed by atoms with Crippen molar-refractivity contribution in [2.24, 2.45) is 0 Å². The van der Waals surface area contributed by atoms with Crippen LogP contribution in [0.4, 0.5) is 23.1 Å². The van der Waals surface area contributed by atoms with Crippen LogP contribution < -0.4 is 16.8 Å². The summed E-state index contributed by atoms with van der Waals surface area (Å²) in [5.74, 6) is 0.856. The second-order valence-electron chi connectivity index (χ2n) is 4.92. The van der Waals surface area contributed by atoms with E-state index in [0.29, 0.717) is 17.4 Å². The number of aryl methyl sites for hydroxylation is 1. The number of nitrogen functional groups attached to an aromatic ring is 2. The molecule has 0 atom stereocenters. The van der Waals surface area contributed by atoms with E-state index in [0.717, 1.165) is 23.4 Å². The molecule has 2 aromatic rings. The third-order valence-electron chi connectivity index (χ3n) is 3.08. The van der Waals surface area contributed by atoms with Gasteiger partial charge in [0.1, 0.15) is 5.69 Å². The number of anilines is 4. The van der Waals surface area contributed by atoms with Crippen molar-refractivity contribution < 1.29 is 0 Å². The maximum absolute atomic E-state index is 5.86. The fraction of sp³-hybridized carbons (Fsp3) is 0.357. The first-order valence-corrected chi connectivity index (χ1v) is 6.65. The maximum Gasteiger partial charge on any atom is 0.222 e. The van der Waals surface area contributed by atoms with Gasteiger partial charge >= 0.3 is 0 Å². The number of hydrogen-bond acceptors (Lipinski definition) is 6. The summed E-state index contributed by atoms with van der Waals surface area (Å²) in [4.78, 5) is 12.3. The molecule has 0 bridgehead atoms. The van der Waals surface area contributed by atoms with Crippen LogP contribution in [0, 0.1) is 0 Å². The van der Waals surface area contributed by atoms with Crippen molar-refractivity contribution in [2.45, 2.75) is 33.1 Å². The quantitative estimate of drug-likeness (QED) is 0.790. The fourth-order valence-electron chi connectivity index (χ4n) is 1.92. The van der Waals surface area contributed by atoms with Gasteiger partial charge in [-0.1, -0.05) is 20.8 Å². The molecule has 5 N–H and O–H groups in total. The highest BCUT2D eigenvalue weighted by atomic mass is 15.1. The molecule has 0 saturated carbocycles. The Kier molecular flexibility index (Phi) is 4.02. The predicted octanol–water partition coefficient (Wildman–Crippen LogP) is 2.47. The lowest BCUT2D eigenvalue weighted by Gasteiger charge is -2.16. The zero-order valence-corrected chi connectivity index (χ0v) is 12.0. The van der Waals surface area contributed by atoms with Crippen LogP contribution in [0.15, 0.2) is 18.5 Å². The normalized spacial score (nSPS) is 10.8. The van der Waals surface area contributed by atoms with Gasteiger partial charge < -0.3 is 16.8 Å². The Morgan fingerprint density at radius 1 is 1.15 bits per heavy atom. The molecule has 0 spiro atoms. The molecule has 0 aromatic carbocycles. The van der Waals surface area contributed by atoms with Gasteiger partial charge in [-0.2, -0.15) is 4.98 Å². The van der Waals surface area contributed by atoms with Crippen LogP contribution in [0.1, 0.15) is 37.9 Å². The van der Waals surface area contributed by atoms with E-state index in [1.54, 1.807) is 6.20 Å². The molecule has 0 unspecified atom stereocenters. The van der Waals surface area contributed by atoms with Crippen molar-refractivity contribution in [2.75, 3.05) is 16.8 Å². The molecule has 106 valence electrons. The SMILES string of the molecule is CCc1cc(Nc2cnc(N)nc2N)c(C(C)C)cn1. The van der Waals surface area contributed by atoms with Gasteiger partial charge in [0.15, 0.2) is 5.82 Å². The molecule has 0 fully saturated rings. The van der Waals surface area contributed by atoms with Crippen LogP contribution in [-0.4, -0.2) is 15.0 Å². The van der Waals surface area contributed by atoms with E-state index >= 15 is 0 Å². The first kappa shape index (κ1) is 14.0. The zero-order valence-electron chi connectivity index (χ0n) is 12.0. The van der Waals surface area contributed by atoms with Gasteiger partial charge in [-0.3, -0.25) is 4.98 Å². The molecule has 6 heteroatoms. The molecule has 0 amide bonds. The van der Waals surface area contributed by atoms with Gasteiger partial charge in [0.2, 0.25) is 5.95 Å². The summed E-state index contributed by atoms with van der Waals surface area (Å²) in [6.45, 7) is 6.31. The highest BCUT2D eigenvalue weighted by molar-refractivity contribution is 5.71. The molecule has 0 saturated heterocycles. The van der Waals surface area contributed by atoms with E-state index < -0.39 is 0 Å². The molecule has 0 aliphatic carbocycles. The molecular formula is C14H20N6. The van der Waals surface area contributed by atoms with Gasteiger partial charge in [-0.15, -0.1) is 0 Å². The third-order valence-corrected chi connectivity index (χ3v) is 3.08. The van der Waals surface area contributed by atoms with E-state index in [1.807, 2.05) is 12.3 Å². The summed E-state index contributed by atoms with van der Waals surface area (Å²) in [6.07, 6.45) is 4.37. The standard InChI is InChI=1S/C14H20N6/c1-4-9-5-11(10(6-17-9)8(2)3)19-12-7-18-14(16)20-13(12)15/h5-8H,4H2,1-3H3,(H,17,19)(H4,15,16,18,20). The van der Waals surface area contributed by atoms with Crippen LogP contribution in [0.5, 0.6) is 0 Å². The van der Waals surface area contributed by atoms with Gasteiger partial charge in [0, 0.05) is 17.6 Å². The number of nitrogens with zero attached hydrogens (tertiary/aromatic N) is 3. The molecular weight excluding hydrogens is 252 g/mol. The summed E-state index contributed by atoms with van der Waals surface area (Å²) in [5.41, 5.74) is 15.1. The summed E-state index contributed by atoms with van der Waals surface area (Å²) in [6, 6.07) is 2.03. The van der Waals surface area contributed by atoms with Crippen molar-refractivity contribution in [3.05, 3.63) is 29.7 Å². The number of aromatic nitrogens is 3. The van der Waals surface area contributed by atoms with E-state index in [-0.39, 0.29) is 5.95 Å². The van der Waals surface area contributed by atoms with Crippen molar-refractivity contribution in [3.8, 4) is 0 Å². The largest absolute Gasteiger partial charge is 0.382 e. The van der Waals surface area contributed by atoms with Gasteiger partial charge in [-0.05, 0) is 24.0 Å². The molecule has 20 heavy (non-hydrogen) atoms. The lowest BCUT2D eigenvalue weighted by Crippen LogP contribution is -2.06. The highest BCUT2D eigenvalue weighted by Gasteiger charge is 2.11. The molecule has 2 heterocycles. The minimum Gasteiger partial charge on any atom is -0.382 e. The Hall–Kier alpha value is -2.37. The average molecular weight is 272 g/mol. The molecule has 2 aromatic heterocycles. The predicted molar refractivity (Wildman–Crippen MR) is 81.8 cm³/mol. The van der Waals surface area contributed by atoms with E-state index in [2.05, 4.69) is 41.0 Å². The minimum atomic E-state index is 0.168. The molecule has 2 rings (SSSR count). The number of nitrogens with two attached hydrogens (primary N) is 2. The third kappa shape index (κ3) is 2.96. The lowest BCUT2D eigenvalue weighted by molar-refractivity contribution is 0.854. The van der Waals surface area contributed by atoms with Gasteiger partial charge in [-0.25, -0.2) is 4.98 Å². The Morgan fingerprint density at radius 2 is 1.90 bits per heavy atom. The van der Waals surface area contributed by atoms with E-state index in [4.69, 9.17) is 11.5 Å². The Morgan fingerprint density at radius 3 is 2.50 bits per heavy atom. The Bertz CT molecular complexity index is 609.